The van der Waals surface area contributed by atoms with E-state index in [2.05, 4.69) is 113 Å². The maximum absolute atomic E-state index is 3.43. The van der Waals surface area contributed by atoms with E-state index in [0.717, 1.165) is 7.35 Å². The summed E-state index contributed by atoms with van der Waals surface area (Å²) in [4.78, 5) is 0. The van der Waals surface area contributed by atoms with Crippen LogP contribution in [0.2, 0.25) is 9.36 Å². The van der Waals surface area contributed by atoms with Crippen LogP contribution in [-0.4, -0.2) is 21.6 Å². The topological polar surface area (TPSA) is 0 Å². The Kier molecular flexibility index (Phi) is 5.70. The van der Waals surface area contributed by atoms with Gasteiger partial charge in [0.1, 0.15) is 0 Å². The van der Waals surface area contributed by atoms with Gasteiger partial charge >= 0.3 is 215 Å². The minimum atomic E-state index is -3.43. The normalized spacial score (nSPS) is 23.8. The molecule has 0 radical (unpaired) electrons. The SMILES string of the molecule is CC1=Cc2c(cccc2C(C)(C)C)[CH]1[Hf]([CH3])([CH3])([CH]1C(C)=Cc2c1cccc2C(C)(C)C)=[Si]1[SiH2][SiH2]1. The first-order valence-electron chi connectivity index (χ1n) is 13.3. The Morgan fingerprint density at radius 3 is 1.38 bits per heavy atom. The van der Waals surface area contributed by atoms with Crippen molar-refractivity contribution in [1.82, 2.24) is 0 Å². The van der Waals surface area contributed by atoms with Gasteiger partial charge in [-0.2, -0.15) is 0 Å². The Morgan fingerprint density at radius 1 is 0.676 bits per heavy atom. The number of fused-ring (bicyclic) bond motifs is 2. The van der Waals surface area contributed by atoms with E-state index in [-0.39, 0.29) is 15.4 Å². The van der Waals surface area contributed by atoms with Crippen LogP contribution in [0.5, 0.6) is 0 Å². The first-order valence-corrected chi connectivity index (χ1v) is 40.2. The van der Waals surface area contributed by atoms with Gasteiger partial charge < -0.3 is 0 Å². The van der Waals surface area contributed by atoms with Crippen LogP contribution in [0.15, 0.2) is 47.5 Å². The molecule has 0 aromatic heterocycles. The maximum atomic E-state index is 2.99. The van der Waals surface area contributed by atoms with E-state index in [9.17, 15) is 0 Å². The van der Waals surface area contributed by atoms with Gasteiger partial charge in [0.15, 0.2) is 0 Å². The molecule has 2 aromatic rings. The number of rotatable bonds is 2. The molecule has 3 aliphatic rings. The molecular formula is C30H44HfSi3. The molecule has 1 heterocycles. The van der Waals surface area contributed by atoms with Gasteiger partial charge in [-0.25, -0.2) is 0 Å². The van der Waals surface area contributed by atoms with E-state index >= 15 is 0 Å². The molecule has 2 aromatic carbocycles. The molecule has 2 atom stereocenters. The summed E-state index contributed by atoms with van der Waals surface area (Å²) in [6.45, 7) is 19.4. The average Bonchev–Trinajstić information content (AvgIpc) is 3.43. The molecule has 0 N–H and O–H groups in total. The zero-order valence-corrected chi connectivity index (χ0v) is 30.6. The van der Waals surface area contributed by atoms with Crippen molar-refractivity contribution in [2.24, 2.45) is 0 Å². The molecule has 0 bridgehead atoms. The van der Waals surface area contributed by atoms with E-state index in [4.69, 9.17) is 0 Å². The van der Waals surface area contributed by atoms with Crippen LogP contribution in [0.3, 0.4) is 0 Å². The van der Waals surface area contributed by atoms with E-state index in [1.54, 1.807) is 44.5 Å². The van der Waals surface area contributed by atoms with Gasteiger partial charge in [-0.05, 0) is 0 Å². The van der Waals surface area contributed by atoms with Crippen molar-refractivity contribution in [3.8, 4) is 0 Å². The van der Waals surface area contributed by atoms with Crippen molar-refractivity contribution < 1.29 is 17.1 Å². The zero-order valence-electron chi connectivity index (χ0n) is 23.2. The summed E-state index contributed by atoms with van der Waals surface area (Å²) >= 11 is -3.43. The zero-order chi connectivity index (χ0) is 24.9. The third kappa shape index (κ3) is 3.56. The van der Waals surface area contributed by atoms with E-state index in [1.807, 2.05) is 0 Å². The molecule has 5 rings (SSSR count). The van der Waals surface area contributed by atoms with Crippen molar-refractivity contribution in [1.29, 1.82) is 0 Å². The molecule has 0 amide bonds. The summed E-state index contributed by atoms with van der Waals surface area (Å²) in [5, 5.41) is 0. The fourth-order valence-electron chi connectivity index (χ4n) is 8.20. The first kappa shape index (κ1) is 25.1. The molecule has 2 aliphatic carbocycles. The summed E-state index contributed by atoms with van der Waals surface area (Å²) in [6.07, 6.45) is 5.27. The second-order valence-electron chi connectivity index (χ2n) is 14.5. The third-order valence-electron chi connectivity index (χ3n) is 9.56. The Hall–Kier alpha value is -0.559. The van der Waals surface area contributed by atoms with Gasteiger partial charge in [0.25, 0.3) is 0 Å². The van der Waals surface area contributed by atoms with E-state index in [1.165, 1.54) is 0 Å². The summed E-state index contributed by atoms with van der Waals surface area (Å²) in [7, 11) is 0.633. The summed E-state index contributed by atoms with van der Waals surface area (Å²) in [5.41, 5.74) is 13.6. The van der Waals surface area contributed by atoms with Gasteiger partial charge in [-0.3, -0.25) is 0 Å². The number of hydrogen-bond acceptors (Lipinski definition) is 0. The molecule has 34 heavy (non-hydrogen) atoms. The Labute approximate surface area is 213 Å². The van der Waals surface area contributed by atoms with Gasteiger partial charge in [0.05, 0.1) is 0 Å². The van der Waals surface area contributed by atoms with Gasteiger partial charge in [0, 0.05) is 0 Å². The molecule has 0 nitrogen and oxygen atoms in total. The van der Waals surface area contributed by atoms with Crippen molar-refractivity contribution >= 4 is 33.8 Å². The second kappa shape index (κ2) is 7.72. The first-order chi connectivity index (χ1) is 15.7. The van der Waals surface area contributed by atoms with Gasteiger partial charge in [-0.1, -0.05) is 0 Å². The van der Waals surface area contributed by atoms with Gasteiger partial charge in [0.2, 0.25) is 0 Å². The summed E-state index contributed by atoms with van der Waals surface area (Å²) < 4.78 is 7.49. The van der Waals surface area contributed by atoms with Crippen molar-refractivity contribution in [2.45, 2.75) is 82.9 Å². The molecule has 0 saturated carbocycles. The minimum absolute atomic E-state index is 0.0141. The van der Waals surface area contributed by atoms with Crippen molar-refractivity contribution in [3.63, 3.8) is 0 Å². The average molecular weight is 667 g/mol. The van der Waals surface area contributed by atoms with E-state index in [0.29, 0.717) is 17.1 Å². The van der Waals surface area contributed by atoms with Crippen LogP contribution in [0.4, 0.5) is 0 Å². The standard InChI is InChI=1S/2C14H17.2CH3.Hf.H4Si3/c2*1-10-8-11-6-5-7-13(12(11)9-10)14(2,3)4;;;;1-2-3-1/h2*5-9H,1-4H3;2*1H3;;1-2H2. The Bertz CT molecular complexity index is 1250. The molecule has 2 unspecified atom stereocenters. The van der Waals surface area contributed by atoms with Crippen LogP contribution in [0.1, 0.15) is 96.1 Å². The fourth-order valence-corrected chi connectivity index (χ4v) is 280. The van der Waals surface area contributed by atoms with E-state index < -0.39 is 17.1 Å². The predicted octanol–water partition coefficient (Wildman–Crippen LogP) is 6.93. The third-order valence-corrected chi connectivity index (χ3v) is 175. The van der Waals surface area contributed by atoms with Crippen LogP contribution in [-0.2, 0) is 28.0 Å². The Morgan fingerprint density at radius 2 is 1.06 bits per heavy atom. The second-order valence-corrected chi connectivity index (χ2v) is 95.5. The molecule has 1 fully saturated rings. The molecular weight excluding hydrogens is 623 g/mol. The van der Waals surface area contributed by atoms with Crippen LogP contribution >= 0.6 is 0 Å². The number of benzene rings is 2. The molecule has 1 aliphatic heterocycles. The van der Waals surface area contributed by atoms with Crippen molar-refractivity contribution in [3.05, 3.63) is 80.9 Å². The van der Waals surface area contributed by atoms with Gasteiger partial charge in [-0.15, -0.1) is 0 Å². The molecule has 1 saturated heterocycles. The van der Waals surface area contributed by atoms with Crippen LogP contribution < -0.4 is 0 Å². The van der Waals surface area contributed by atoms with Crippen LogP contribution in [0.25, 0.3) is 12.2 Å². The molecule has 180 valence electrons. The summed E-state index contributed by atoms with van der Waals surface area (Å²) in [6, 6.07) is 14.7. The van der Waals surface area contributed by atoms with Crippen LogP contribution in [0, 0.1) is 0 Å². The quantitative estimate of drug-likeness (QED) is 0.305. The Balaban J connectivity index is 1.79. The number of hydrogen-bond donors (Lipinski definition) is 0. The number of allylic oxidation sites excluding steroid dienone is 2. The fraction of sp³-hybridized carbons (Fsp3) is 0.467. The molecule has 4 heteroatoms. The van der Waals surface area contributed by atoms with Crippen molar-refractivity contribution in [2.75, 3.05) is 0 Å². The monoisotopic (exact) mass is 668 g/mol. The predicted molar refractivity (Wildman–Crippen MR) is 158 cm³/mol. The molecule has 0 spiro atoms. The summed E-state index contributed by atoms with van der Waals surface area (Å²) in [5.74, 6) is 0.